The summed E-state index contributed by atoms with van der Waals surface area (Å²) < 4.78 is 89.7. The first-order valence-corrected chi connectivity index (χ1v) is 13.9. The summed E-state index contributed by atoms with van der Waals surface area (Å²) in [5, 5.41) is 9.29. The van der Waals surface area contributed by atoms with Crippen molar-refractivity contribution in [2.75, 3.05) is 44.8 Å². The van der Waals surface area contributed by atoms with Crippen LogP contribution in [0.4, 0.5) is 32.0 Å². The maximum Gasteiger partial charge on any atom is 0.406 e. The maximum atomic E-state index is 13.1. The summed E-state index contributed by atoms with van der Waals surface area (Å²) in [5.74, 6) is -1.27. The molecule has 1 aliphatic carbocycles. The number of pyridine rings is 1. The van der Waals surface area contributed by atoms with Crippen molar-refractivity contribution in [1.29, 1.82) is 0 Å². The van der Waals surface area contributed by atoms with Crippen LogP contribution < -0.4 is 14.4 Å². The summed E-state index contributed by atoms with van der Waals surface area (Å²) in [6, 6.07) is 7.51. The van der Waals surface area contributed by atoms with Crippen LogP contribution in [0.5, 0.6) is 11.6 Å². The van der Waals surface area contributed by atoms with Crippen LogP contribution in [0, 0.1) is 11.8 Å². The van der Waals surface area contributed by atoms with Gasteiger partial charge in [0.1, 0.15) is 18.8 Å². The molecule has 1 N–H and O–H groups in total. The van der Waals surface area contributed by atoms with Gasteiger partial charge in [0.05, 0.1) is 31.4 Å². The number of hydrogen-bond acceptors (Lipinski definition) is 6. The van der Waals surface area contributed by atoms with Crippen molar-refractivity contribution in [3.63, 3.8) is 0 Å². The van der Waals surface area contributed by atoms with E-state index in [4.69, 9.17) is 9.47 Å². The second-order valence-corrected chi connectivity index (χ2v) is 11.0. The van der Waals surface area contributed by atoms with Gasteiger partial charge in [-0.2, -0.15) is 26.3 Å². The zero-order chi connectivity index (χ0) is 31.4. The molecule has 2 aromatic rings. The lowest BCUT2D eigenvalue weighted by molar-refractivity contribution is -0.171. The minimum Gasteiger partial charge on any atom is -0.497 e. The van der Waals surface area contributed by atoms with E-state index in [-0.39, 0.29) is 34.4 Å². The van der Waals surface area contributed by atoms with Gasteiger partial charge in [0.25, 0.3) is 5.91 Å². The van der Waals surface area contributed by atoms with E-state index in [1.165, 1.54) is 25.3 Å². The second kappa shape index (κ2) is 13.3. The summed E-state index contributed by atoms with van der Waals surface area (Å²) in [7, 11) is 1.36. The fraction of sp³-hybridized carbons (Fsp3) is 0.552. The highest BCUT2D eigenvalue weighted by atomic mass is 19.4. The number of methoxy groups -OCH3 is 1. The zero-order valence-electron chi connectivity index (χ0n) is 23.5. The lowest BCUT2D eigenvalue weighted by Crippen LogP contribution is -2.45. The molecule has 1 unspecified atom stereocenters. The van der Waals surface area contributed by atoms with Crippen LogP contribution in [0.2, 0.25) is 0 Å². The van der Waals surface area contributed by atoms with Gasteiger partial charge in [-0.25, -0.2) is 4.98 Å². The molecule has 1 atom stereocenters. The number of anilines is 1. The van der Waals surface area contributed by atoms with E-state index in [9.17, 15) is 41.0 Å². The molecule has 43 heavy (non-hydrogen) atoms. The van der Waals surface area contributed by atoms with Gasteiger partial charge in [-0.05, 0) is 67.2 Å². The molecular formula is C29H33F6N3O5. The topological polar surface area (TPSA) is 92.2 Å². The number of rotatable bonds is 12. The van der Waals surface area contributed by atoms with E-state index in [0.717, 1.165) is 18.4 Å². The van der Waals surface area contributed by atoms with Crippen LogP contribution in [0.15, 0.2) is 36.5 Å². The van der Waals surface area contributed by atoms with Crippen molar-refractivity contribution in [1.82, 2.24) is 9.88 Å². The number of amides is 1. The van der Waals surface area contributed by atoms with E-state index in [1.54, 1.807) is 23.2 Å². The number of piperidine rings is 1. The van der Waals surface area contributed by atoms with Gasteiger partial charge in [0.2, 0.25) is 5.88 Å². The molecule has 0 radical (unpaired) electrons. The monoisotopic (exact) mass is 617 g/mol. The first-order chi connectivity index (χ1) is 20.2. The smallest absolute Gasteiger partial charge is 0.406 e. The predicted molar refractivity (Wildman–Crippen MR) is 143 cm³/mol. The predicted octanol–water partition coefficient (Wildman–Crippen LogP) is 5.92. The summed E-state index contributed by atoms with van der Waals surface area (Å²) in [4.78, 5) is 30.2. The molecular weight excluding hydrogens is 584 g/mol. The van der Waals surface area contributed by atoms with Crippen molar-refractivity contribution in [2.24, 2.45) is 11.8 Å². The van der Waals surface area contributed by atoms with Gasteiger partial charge in [0.15, 0.2) is 0 Å². The van der Waals surface area contributed by atoms with Crippen LogP contribution >= 0.6 is 0 Å². The van der Waals surface area contributed by atoms with E-state index < -0.39 is 37.3 Å². The quantitative estimate of drug-likeness (QED) is 0.296. The number of hydrogen-bond donors (Lipinski definition) is 1. The van der Waals surface area contributed by atoms with Gasteiger partial charge in [0, 0.05) is 31.4 Å². The second-order valence-electron chi connectivity index (χ2n) is 11.0. The number of alkyl halides is 6. The van der Waals surface area contributed by atoms with Crippen molar-refractivity contribution < 1.29 is 50.5 Å². The van der Waals surface area contributed by atoms with Gasteiger partial charge in [-0.15, -0.1) is 0 Å². The summed E-state index contributed by atoms with van der Waals surface area (Å²) in [5.41, 5.74) is 0.776. The highest BCUT2D eigenvalue weighted by Crippen LogP contribution is 2.45. The molecule has 8 nitrogen and oxygen atoms in total. The summed E-state index contributed by atoms with van der Waals surface area (Å²) in [6.07, 6.45) is -5.30. The lowest BCUT2D eigenvalue weighted by atomic mass is 9.92. The van der Waals surface area contributed by atoms with Crippen LogP contribution in [-0.4, -0.2) is 79.1 Å². The van der Waals surface area contributed by atoms with Crippen molar-refractivity contribution >= 4 is 17.6 Å². The van der Waals surface area contributed by atoms with E-state index in [0.29, 0.717) is 50.1 Å². The molecule has 1 saturated carbocycles. The molecule has 236 valence electrons. The minimum atomic E-state index is -5.02. The first kappa shape index (κ1) is 32.2. The molecule has 1 aliphatic heterocycles. The third kappa shape index (κ3) is 9.39. The van der Waals surface area contributed by atoms with Crippen LogP contribution in [-0.2, 0) is 4.79 Å². The third-order valence-electron chi connectivity index (χ3n) is 7.66. The Labute approximate surface area is 244 Å². The molecule has 2 fully saturated rings. The van der Waals surface area contributed by atoms with Crippen molar-refractivity contribution in [3.8, 4) is 11.6 Å². The molecule has 2 heterocycles. The number of carboxylic acids is 1. The molecule has 0 bridgehead atoms. The Morgan fingerprint density at radius 3 is 2.23 bits per heavy atom. The SMILES string of the molecule is COc1ccc(C(=O)N(CC(F)(F)F)CC(F)(F)F)c(N2CCC(COc3cc(C(CC(=O)O)C4CC4)ccn3)CC2)c1. The Bertz CT molecular complexity index is 1260. The molecule has 1 amide bonds. The summed E-state index contributed by atoms with van der Waals surface area (Å²) >= 11 is 0. The van der Waals surface area contributed by atoms with Gasteiger partial charge >= 0.3 is 18.3 Å². The Morgan fingerprint density at radius 1 is 1.02 bits per heavy atom. The average Bonchev–Trinajstić information content (AvgIpc) is 3.78. The Morgan fingerprint density at radius 2 is 1.67 bits per heavy atom. The number of benzene rings is 1. The number of halogens is 6. The fourth-order valence-electron chi connectivity index (χ4n) is 5.41. The Hall–Kier alpha value is -3.71. The normalized spacial score (nSPS) is 17.0. The van der Waals surface area contributed by atoms with Crippen LogP contribution in [0.25, 0.3) is 0 Å². The Kier molecular flexibility index (Phi) is 9.96. The molecule has 2 aliphatic rings. The van der Waals surface area contributed by atoms with Crippen LogP contribution in [0.3, 0.4) is 0 Å². The zero-order valence-corrected chi connectivity index (χ0v) is 23.5. The van der Waals surface area contributed by atoms with Crippen LogP contribution in [0.1, 0.15) is 53.9 Å². The average molecular weight is 618 g/mol. The molecule has 1 saturated heterocycles. The number of carbonyl (C=O) groups is 2. The third-order valence-corrected chi connectivity index (χ3v) is 7.66. The largest absolute Gasteiger partial charge is 0.497 e. The highest BCUT2D eigenvalue weighted by molar-refractivity contribution is 6.00. The fourth-order valence-corrected chi connectivity index (χ4v) is 5.41. The Balaban J connectivity index is 1.42. The number of carboxylic acid groups (broad SMARTS) is 1. The van der Waals surface area contributed by atoms with E-state index >= 15 is 0 Å². The number of aromatic nitrogens is 1. The molecule has 4 rings (SSSR count). The number of aliphatic carboxylic acids is 1. The summed E-state index contributed by atoms with van der Waals surface area (Å²) in [6.45, 7) is -3.02. The highest BCUT2D eigenvalue weighted by Gasteiger charge is 2.41. The standard InChI is InChI=1S/C29H33F6N3O5/c1-42-21-4-5-22(27(41)38(16-28(30,31)32)17-29(33,34)35)24(13-21)37-10-7-18(8-11-37)15-43-25-12-20(6-9-36-25)23(14-26(39)40)19-2-3-19/h4-6,9,12-13,18-19,23H,2-3,7-8,10-11,14-17H2,1H3,(H,39,40). The molecule has 14 heteroatoms. The van der Waals surface area contributed by atoms with E-state index in [2.05, 4.69) is 4.98 Å². The van der Waals surface area contributed by atoms with Crippen molar-refractivity contribution in [2.45, 2.75) is 50.4 Å². The lowest BCUT2D eigenvalue weighted by Gasteiger charge is -2.35. The van der Waals surface area contributed by atoms with Gasteiger partial charge in [-0.3, -0.25) is 9.59 Å². The first-order valence-electron chi connectivity index (χ1n) is 13.9. The van der Waals surface area contributed by atoms with Gasteiger partial charge < -0.3 is 24.4 Å². The number of carbonyl (C=O) groups excluding carboxylic acids is 1. The number of ether oxygens (including phenoxy) is 2. The molecule has 1 aromatic carbocycles. The molecule has 1 aromatic heterocycles. The maximum absolute atomic E-state index is 13.1. The van der Waals surface area contributed by atoms with E-state index in [1.807, 2.05) is 0 Å². The van der Waals surface area contributed by atoms with Gasteiger partial charge in [-0.1, -0.05) is 0 Å². The van der Waals surface area contributed by atoms with Crippen molar-refractivity contribution in [3.05, 3.63) is 47.7 Å². The molecule has 0 spiro atoms. The minimum absolute atomic E-state index is 0.0332. The number of nitrogens with zero attached hydrogens (tertiary/aromatic N) is 3.